The number of benzene rings is 1. The normalized spacial score (nSPS) is 10.4. The molecule has 0 bridgehead atoms. The maximum atomic E-state index is 11.1. The van der Waals surface area contributed by atoms with Gasteiger partial charge in [-0.2, -0.15) is 0 Å². The van der Waals surface area contributed by atoms with Gasteiger partial charge in [-0.15, -0.1) is 6.58 Å². The number of unbranched alkanes of at least 4 members (excludes halogenated alkanes) is 1. The second kappa shape index (κ2) is 6.14. The van der Waals surface area contributed by atoms with Crippen molar-refractivity contribution in [1.29, 1.82) is 0 Å². The summed E-state index contributed by atoms with van der Waals surface area (Å²) in [5.74, 6) is -0.636. The van der Waals surface area contributed by atoms with Gasteiger partial charge in [0.15, 0.2) is 0 Å². The van der Waals surface area contributed by atoms with E-state index in [2.05, 4.69) is 16.5 Å². The number of aromatic carboxylic acids is 1. The second-order valence-corrected chi connectivity index (χ2v) is 4.55. The minimum atomic E-state index is -1.11. The Balaban J connectivity index is 2.43. The van der Waals surface area contributed by atoms with Crippen LogP contribution in [0.1, 0.15) is 23.5 Å². The molecule has 5 heteroatoms. The Labute approximate surface area is 117 Å². The molecular weight excluding hydrogens is 254 g/mol. The summed E-state index contributed by atoms with van der Waals surface area (Å²) < 4.78 is 0. The van der Waals surface area contributed by atoms with Gasteiger partial charge in [-0.05, 0) is 25.0 Å². The smallest absolute Gasteiger partial charge is 0.374 e. The number of fused-ring (bicyclic) bond motifs is 1. The third kappa shape index (κ3) is 2.93. The van der Waals surface area contributed by atoms with Gasteiger partial charge in [0, 0.05) is 19.0 Å². The van der Waals surface area contributed by atoms with Gasteiger partial charge >= 0.3 is 5.97 Å². The molecular formula is C15H17N3O2. The van der Waals surface area contributed by atoms with Gasteiger partial charge < -0.3 is 10.0 Å². The van der Waals surface area contributed by atoms with Crippen LogP contribution in [-0.2, 0) is 0 Å². The van der Waals surface area contributed by atoms with Crippen LogP contribution in [0.5, 0.6) is 0 Å². The fraction of sp³-hybridized carbons (Fsp3) is 0.267. The fourth-order valence-electron chi connectivity index (χ4n) is 2.03. The monoisotopic (exact) mass is 271 g/mol. The molecule has 0 fully saturated rings. The van der Waals surface area contributed by atoms with Crippen LogP contribution in [-0.4, -0.2) is 34.6 Å². The van der Waals surface area contributed by atoms with Crippen molar-refractivity contribution < 1.29 is 9.90 Å². The summed E-state index contributed by atoms with van der Waals surface area (Å²) in [4.78, 5) is 21.3. The summed E-state index contributed by atoms with van der Waals surface area (Å²) in [5.41, 5.74) is 0.644. The zero-order chi connectivity index (χ0) is 14.5. The molecule has 1 N–H and O–H groups in total. The second-order valence-electron chi connectivity index (χ2n) is 4.55. The average Bonchev–Trinajstić information content (AvgIpc) is 2.46. The number of carboxylic acid groups (broad SMARTS) is 1. The van der Waals surface area contributed by atoms with Crippen molar-refractivity contribution in [3.8, 4) is 0 Å². The lowest BCUT2D eigenvalue weighted by atomic mass is 10.2. The van der Waals surface area contributed by atoms with E-state index in [1.54, 1.807) is 6.07 Å². The minimum absolute atomic E-state index is 0.172. The molecule has 1 aromatic carbocycles. The Morgan fingerprint density at radius 1 is 1.40 bits per heavy atom. The molecule has 0 unspecified atom stereocenters. The first kappa shape index (κ1) is 14.0. The van der Waals surface area contributed by atoms with Gasteiger partial charge in [0.25, 0.3) is 0 Å². The summed E-state index contributed by atoms with van der Waals surface area (Å²) in [6.07, 6.45) is 3.73. The van der Waals surface area contributed by atoms with Gasteiger partial charge in [0.1, 0.15) is 5.82 Å². The Morgan fingerprint density at radius 2 is 2.15 bits per heavy atom. The molecule has 1 heterocycles. The van der Waals surface area contributed by atoms with E-state index in [1.807, 2.05) is 36.2 Å². The molecule has 0 amide bonds. The van der Waals surface area contributed by atoms with Crippen LogP contribution in [0.15, 0.2) is 36.9 Å². The third-order valence-electron chi connectivity index (χ3n) is 3.04. The molecule has 1 aromatic heterocycles. The molecule has 20 heavy (non-hydrogen) atoms. The molecule has 0 radical (unpaired) electrons. The molecule has 0 aliphatic heterocycles. The molecule has 0 aliphatic rings. The van der Waals surface area contributed by atoms with E-state index in [1.165, 1.54) is 0 Å². The van der Waals surface area contributed by atoms with Crippen LogP contribution in [0.3, 0.4) is 0 Å². The van der Waals surface area contributed by atoms with Gasteiger partial charge in [0.05, 0.1) is 5.52 Å². The number of carbonyl (C=O) groups is 1. The molecule has 0 aliphatic carbocycles. The number of anilines is 1. The highest BCUT2D eigenvalue weighted by molar-refractivity contribution is 5.93. The Kier molecular flexibility index (Phi) is 4.30. The fourth-order valence-corrected chi connectivity index (χ4v) is 2.03. The lowest BCUT2D eigenvalue weighted by Crippen LogP contribution is -2.21. The zero-order valence-corrected chi connectivity index (χ0v) is 11.4. The molecule has 2 rings (SSSR count). The molecule has 0 atom stereocenters. The van der Waals surface area contributed by atoms with Gasteiger partial charge in [-0.3, -0.25) is 0 Å². The summed E-state index contributed by atoms with van der Waals surface area (Å²) in [5, 5.41) is 9.97. The summed E-state index contributed by atoms with van der Waals surface area (Å²) in [6.45, 7) is 4.48. The maximum absolute atomic E-state index is 11.1. The highest BCUT2D eigenvalue weighted by Gasteiger charge is 2.14. The van der Waals surface area contributed by atoms with Crippen molar-refractivity contribution in [2.24, 2.45) is 0 Å². The number of carboxylic acids is 1. The van der Waals surface area contributed by atoms with E-state index in [-0.39, 0.29) is 5.82 Å². The standard InChI is InChI=1S/C15H17N3O2/c1-3-4-7-10-18(2)14-11-8-5-6-9-12(11)16-13(17-14)15(19)20/h3,5-6,8-9H,1,4,7,10H2,2H3,(H,19,20). The van der Waals surface area contributed by atoms with Crippen LogP contribution in [0.4, 0.5) is 5.82 Å². The van der Waals surface area contributed by atoms with Crippen molar-refractivity contribution in [2.75, 3.05) is 18.5 Å². The van der Waals surface area contributed by atoms with E-state index in [0.717, 1.165) is 24.8 Å². The van der Waals surface area contributed by atoms with E-state index in [4.69, 9.17) is 5.11 Å². The van der Waals surface area contributed by atoms with E-state index in [0.29, 0.717) is 11.3 Å². The minimum Gasteiger partial charge on any atom is -0.475 e. The van der Waals surface area contributed by atoms with Crippen LogP contribution < -0.4 is 4.90 Å². The van der Waals surface area contributed by atoms with Crippen molar-refractivity contribution in [3.05, 3.63) is 42.7 Å². The predicted molar refractivity (Wildman–Crippen MR) is 79.2 cm³/mol. The van der Waals surface area contributed by atoms with E-state index < -0.39 is 5.97 Å². The van der Waals surface area contributed by atoms with Gasteiger partial charge in [-0.1, -0.05) is 18.2 Å². The highest BCUT2D eigenvalue weighted by Crippen LogP contribution is 2.23. The van der Waals surface area contributed by atoms with Gasteiger partial charge in [0.2, 0.25) is 5.82 Å². The van der Waals surface area contributed by atoms with Crippen molar-refractivity contribution in [1.82, 2.24) is 9.97 Å². The lowest BCUT2D eigenvalue weighted by molar-refractivity contribution is 0.0684. The largest absolute Gasteiger partial charge is 0.475 e. The van der Waals surface area contributed by atoms with E-state index in [9.17, 15) is 4.79 Å². The molecule has 2 aromatic rings. The molecule has 0 spiro atoms. The molecule has 0 saturated heterocycles. The Bertz CT molecular complexity index is 640. The van der Waals surface area contributed by atoms with Crippen LogP contribution in [0.25, 0.3) is 10.9 Å². The first-order valence-corrected chi connectivity index (χ1v) is 6.45. The molecule has 5 nitrogen and oxygen atoms in total. The first-order valence-electron chi connectivity index (χ1n) is 6.45. The van der Waals surface area contributed by atoms with Gasteiger partial charge in [-0.25, -0.2) is 14.8 Å². The average molecular weight is 271 g/mol. The predicted octanol–water partition coefficient (Wildman–Crippen LogP) is 2.73. The first-order chi connectivity index (χ1) is 9.63. The quantitative estimate of drug-likeness (QED) is 0.646. The van der Waals surface area contributed by atoms with E-state index >= 15 is 0 Å². The number of allylic oxidation sites excluding steroid dienone is 1. The highest BCUT2D eigenvalue weighted by atomic mass is 16.4. The molecule has 0 saturated carbocycles. The Morgan fingerprint density at radius 3 is 2.85 bits per heavy atom. The number of hydrogen-bond donors (Lipinski definition) is 1. The summed E-state index contributed by atoms with van der Waals surface area (Å²) >= 11 is 0. The van der Waals surface area contributed by atoms with Crippen LogP contribution in [0, 0.1) is 0 Å². The maximum Gasteiger partial charge on any atom is 0.374 e. The summed E-state index contributed by atoms with van der Waals surface area (Å²) in [6, 6.07) is 7.43. The SMILES string of the molecule is C=CCCCN(C)c1nc(C(=O)O)nc2ccccc12. The molecule has 104 valence electrons. The third-order valence-corrected chi connectivity index (χ3v) is 3.04. The number of hydrogen-bond acceptors (Lipinski definition) is 4. The summed E-state index contributed by atoms with van der Waals surface area (Å²) in [7, 11) is 1.91. The number of nitrogens with zero attached hydrogens (tertiary/aromatic N) is 3. The zero-order valence-electron chi connectivity index (χ0n) is 11.4. The van der Waals surface area contributed by atoms with Crippen molar-refractivity contribution >= 4 is 22.7 Å². The Hall–Kier alpha value is -2.43. The number of rotatable bonds is 6. The topological polar surface area (TPSA) is 66.3 Å². The van der Waals surface area contributed by atoms with Crippen LogP contribution in [0.2, 0.25) is 0 Å². The van der Waals surface area contributed by atoms with Crippen LogP contribution >= 0.6 is 0 Å². The lowest BCUT2D eigenvalue weighted by Gasteiger charge is -2.19. The van der Waals surface area contributed by atoms with Crippen molar-refractivity contribution in [2.45, 2.75) is 12.8 Å². The van der Waals surface area contributed by atoms with Crippen molar-refractivity contribution in [3.63, 3.8) is 0 Å². The number of para-hydroxylation sites is 1. The number of aromatic nitrogens is 2.